The largest absolute Gasteiger partial charge is 0.396 e. The number of aliphatic hydroxyl groups is 1. The zero-order chi connectivity index (χ0) is 18.3. The third-order valence-corrected chi connectivity index (χ3v) is 5.82. The van der Waals surface area contributed by atoms with Gasteiger partial charge in [-0.1, -0.05) is 5.16 Å². The number of carbonyl (C=O) groups excluding carboxylic acids is 1. The first-order valence-corrected chi connectivity index (χ1v) is 9.78. The van der Waals surface area contributed by atoms with Crippen LogP contribution < -0.4 is 0 Å². The van der Waals surface area contributed by atoms with Gasteiger partial charge in [0.1, 0.15) is 0 Å². The number of carbonyl (C=O) groups is 1. The minimum atomic E-state index is -0.103. The Hall–Kier alpha value is -1.44. The van der Waals surface area contributed by atoms with Crippen LogP contribution in [0.1, 0.15) is 48.9 Å². The Morgan fingerprint density at radius 1 is 1.19 bits per heavy atom. The van der Waals surface area contributed by atoms with Gasteiger partial charge in [-0.25, -0.2) is 0 Å². The van der Waals surface area contributed by atoms with Gasteiger partial charge in [0.2, 0.25) is 5.76 Å². The number of amides is 1. The lowest BCUT2D eigenvalue weighted by molar-refractivity contribution is -0.0726. The Balaban J connectivity index is 1.38. The van der Waals surface area contributed by atoms with Crippen LogP contribution >= 0.6 is 0 Å². The molecule has 26 heavy (non-hydrogen) atoms. The lowest BCUT2D eigenvalue weighted by atomic mass is 9.96. The topological polar surface area (TPSA) is 79.0 Å². The van der Waals surface area contributed by atoms with E-state index in [0.717, 1.165) is 38.2 Å². The van der Waals surface area contributed by atoms with Crippen LogP contribution in [0.4, 0.5) is 0 Å². The van der Waals surface area contributed by atoms with E-state index in [1.165, 1.54) is 0 Å². The van der Waals surface area contributed by atoms with Gasteiger partial charge in [-0.3, -0.25) is 9.69 Å². The number of ether oxygens (including phenoxy) is 1. The summed E-state index contributed by atoms with van der Waals surface area (Å²) in [5.41, 5.74) is 0.902. The van der Waals surface area contributed by atoms with Gasteiger partial charge in [0.15, 0.2) is 0 Å². The van der Waals surface area contributed by atoms with Crippen LogP contribution in [-0.4, -0.2) is 77.5 Å². The van der Waals surface area contributed by atoms with Crippen molar-refractivity contribution in [3.63, 3.8) is 0 Å². The first-order valence-electron chi connectivity index (χ1n) is 9.78. The summed E-state index contributed by atoms with van der Waals surface area (Å²) in [6, 6.07) is 1.80. The van der Waals surface area contributed by atoms with Crippen molar-refractivity contribution in [2.45, 2.75) is 44.8 Å². The van der Waals surface area contributed by atoms with Gasteiger partial charge >= 0.3 is 0 Å². The Bertz CT molecular complexity index is 634. The normalized spacial score (nSPS) is 33.0. The highest BCUT2D eigenvalue weighted by molar-refractivity contribution is 5.91. The summed E-state index contributed by atoms with van der Waals surface area (Å²) < 4.78 is 11.1. The summed E-state index contributed by atoms with van der Waals surface area (Å²) >= 11 is 0. The fraction of sp³-hybridized carbons (Fsp3) is 0.789. The van der Waals surface area contributed by atoms with E-state index in [4.69, 9.17) is 9.26 Å². The molecule has 4 rings (SSSR count). The fourth-order valence-electron chi connectivity index (χ4n) is 4.40. The maximum atomic E-state index is 12.8. The van der Waals surface area contributed by atoms with Gasteiger partial charge in [0.05, 0.1) is 17.9 Å². The highest BCUT2D eigenvalue weighted by Crippen LogP contribution is 2.39. The van der Waals surface area contributed by atoms with E-state index in [1.54, 1.807) is 6.07 Å². The second-order valence-electron chi connectivity index (χ2n) is 8.28. The molecule has 2 aliphatic heterocycles. The quantitative estimate of drug-likeness (QED) is 0.851. The molecule has 7 nitrogen and oxygen atoms in total. The van der Waals surface area contributed by atoms with E-state index < -0.39 is 0 Å². The van der Waals surface area contributed by atoms with Crippen LogP contribution in [0.25, 0.3) is 0 Å². The molecule has 0 unspecified atom stereocenters. The molecule has 0 aromatic carbocycles. The summed E-state index contributed by atoms with van der Waals surface area (Å²) in [5, 5.41) is 13.9. The number of nitrogens with zero attached hydrogens (tertiary/aromatic N) is 3. The summed E-state index contributed by atoms with van der Waals surface area (Å²) in [6.07, 6.45) is 2.71. The lowest BCUT2D eigenvalue weighted by Gasteiger charge is -2.37. The highest BCUT2D eigenvalue weighted by Gasteiger charge is 2.38. The van der Waals surface area contributed by atoms with Gasteiger partial charge in [-0.15, -0.1) is 0 Å². The van der Waals surface area contributed by atoms with Crippen molar-refractivity contribution in [3.05, 3.63) is 17.5 Å². The summed E-state index contributed by atoms with van der Waals surface area (Å²) in [7, 11) is 0. The van der Waals surface area contributed by atoms with Crippen LogP contribution in [0, 0.1) is 11.8 Å². The maximum Gasteiger partial charge on any atom is 0.292 e. The monoisotopic (exact) mass is 363 g/mol. The van der Waals surface area contributed by atoms with Crippen molar-refractivity contribution >= 4 is 5.91 Å². The Morgan fingerprint density at radius 3 is 2.54 bits per heavy atom. The Kier molecular flexibility index (Phi) is 5.03. The molecule has 3 heterocycles. The van der Waals surface area contributed by atoms with Crippen molar-refractivity contribution in [3.8, 4) is 0 Å². The van der Waals surface area contributed by atoms with Gasteiger partial charge in [-0.05, 0) is 32.6 Å². The van der Waals surface area contributed by atoms with Gasteiger partial charge in [-0.2, -0.15) is 0 Å². The summed E-state index contributed by atoms with van der Waals surface area (Å²) in [6.45, 7) is 8.22. The van der Waals surface area contributed by atoms with Gasteiger partial charge < -0.3 is 19.3 Å². The molecule has 0 bridgehead atoms. The molecule has 3 fully saturated rings. The number of hydrogen-bond donors (Lipinski definition) is 1. The number of hydrogen-bond acceptors (Lipinski definition) is 6. The van der Waals surface area contributed by atoms with Crippen molar-refractivity contribution in [2.24, 2.45) is 11.8 Å². The first-order chi connectivity index (χ1) is 12.5. The van der Waals surface area contributed by atoms with Crippen molar-refractivity contribution in [2.75, 3.05) is 39.3 Å². The predicted octanol–water partition coefficient (Wildman–Crippen LogP) is 1.34. The van der Waals surface area contributed by atoms with E-state index in [0.29, 0.717) is 24.8 Å². The maximum absolute atomic E-state index is 12.8. The Labute approximate surface area is 154 Å². The zero-order valence-electron chi connectivity index (χ0n) is 15.6. The van der Waals surface area contributed by atoms with Crippen molar-refractivity contribution < 1.29 is 19.2 Å². The molecule has 1 amide bonds. The number of likely N-dealkylation sites (tertiary alicyclic amines) is 1. The molecule has 1 saturated carbocycles. The van der Waals surface area contributed by atoms with Crippen LogP contribution in [0.3, 0.4) is 0 Å². The second-order valence-corrected chi connectivity index (χ2v) is 8.28. The van der Waals surface area contributed by atoms with Gasteiger partial charge in [0, 0.05) is 57.2 Å². The highest BCUT2D eigenvalue weighted by atomic mass is 16.5. The first kappa shape index (κ1) is 17.9. The molecule has 1 aromatic rings. The molecule has 1 N–H and O–H groups in total. The van der Waals surface area contributed by atoms with Crippen LogP contribution in [0.15, 0.2) is 10.6 Å². The molecule has 0 spiro atoms. The molecule has 2 saturated heterocycles. The molecule has 4 atom stereocenters. The molecule has 144 valence electrons. The van der Waals surface area contributed by atoms with Gasteiger partial charge in [0.25, 0.3) is 5.91 Å². The molecule has 0 radical (unpaired) electrons. The SMILES string of the molecule is C[C@@H]1CN(C[C@@H]2CN(C(=O)c3cc(C4CC4)no3)C[C@@H]2CO)C[C@H](C)O1. The molecular weight excluding hydrogens is 334 g/mol. The summed E-state index contributed by atoms with van der Waals surface area (Å²) in [5.74, 6) is 1.08. The van der Waals surface area contributed by atoms with Crippen molar-refractivity contribution in [1.82, 2.24) is 15.0 Å². The van der Waals surface area contributed by atoms with Crippen LogP contribution in [0.2, 0.25) is 0 Å². The van der Waals surface area contributed by atoms with E-state index in [9.17, 15) is 9.90 Å². The molecule has 1 aliphatic carbocycles. The van der Waals surface area contributed by atoms with Crippen molar-refractivity contribution in [1.29, 1.82) is 0 Å². The van der Waals surface area contributed by atoms with E-state index in [-0.39, 0.29) is 36.6 Å². The Morgan fingerprint density at radius 2 is 1.88 bits per heavy atom. The molecular formula is C19H29N3O4. The third kappa shape index (κ3) is 3.80. The minimum absolute atomic E-state index is 0.103. The average molecular weight is 363 g/mol. The smallest absolute Gasteiger partial charge is 0.292 e. The second kappa shape index (κ2) is 7.29. The van der Waals surface area contributed by atoms with Crippen LogP contribution in [0.5, 0.6) is 0 Å². The minimum Gasteiger partial charge on any atom is -0.396 e. The fourth-order valence-corrected chi connectivity index (χ4v) is 4.40. The number of aromatic nitrogens is 1. The number of morpholine rings is 1. The number of aliphatic hydroxyl groups excluding tert-OH is 1. The lowest BCUT2D eigenvalue weighted by Crippen LogP contribution is -2.48. The summed E-state index contributed by atoms with van der Waals surface area (Å²) in [4.78, 5) is 17.0. The van der Waals surface area contributed by atoms with Crippen LogP contribution in [-0.2, 0) is 4.74 Å². The van der Waals surface area contributed by atoms with E-state index >= 15 is 0 Å². The van der Waals surface area contributed by atoms with E-state index in [1.807, 2.05) is 4.90 Å². The number of rotatable bonds is 5. The molecule has 3 aliphatic rings. The molecule has 1 aromatic heterocycles. The third-order valence-electron chi connectivity index (χ3n) is 5.82. The predicted molar refractivity (Wildman–Crippen MR) is 94.9 cm³/mol. The standard InChI is InChI=1S/C19H29N3O4/c1-12-6-21(7-13(2)25-12)8-15-9-22(10-16(15)11-23)19(24)18-5-17(20-26-18)14-3-4-14/h5,12-16,23H,3-4,6-11H2,1-2H3/t12-,13+,15-,16-/m1/s1. The molecule has 7 heteroatoms. The zero-order valence-corrected chi connectivity index (χ0v) is 15.6. The average Bonchev–Trinajstić information content (AvgIpc) is 3.18. The van der Waals surface area contributed by atoms with E-state index in [2.05, 4.69) is 23.9 Å².